The van der Waals surface area contributed by atoms with Gasteiger partial charge in [0.1, 0.15) is 5.75 Å². The van der Waals surface area contributed by atoms with Gasteiger partial charge >= 0.3 is 0 Å². The average Bonchev–Trinajstić information content (AvgIpc) is 3.21. The molecule has 1 aromatic rings. The summed E-state index contributed by atoms with van der Waals surface area (Å²) in [6.45, 7) is 3.19. The molecule has 3 N–H and O–H groups in total. The molecule has 3 aliphatic carbocycles. The highest BCUT2D eigenvalue weighted by Gasteiger charge is 2.44. The Morgan fingerprint density at radius 2 is 1.94 bits per heavy atom. The summed E-state index contributed by atoms with van der Waals surface area (Å²) in [5.41, 5.74) is 9.18. The zero-order chi connectivity index (χ0) is 22.1. The second-order valence-corrected chi connectivity index (χ2v) is 10.0. The molecular formula is C26H37NO4. The van der Waals surface area contributed by atoms with E-state index in [9.17, 15) is 5.11 Å². The number of fused-ring (bicyclic) bond motifs is 1. The Kier molecular flexibility index (Phi) is 6.36. The summed E-state index contributed by atoms with van der Waals surface area (Å²) in [5, 5.41) is 9.65. The van der Waals surface area contributed by atoms with Gasteiger partial charge in [0.15, 0.2) is 11.5 Å². The minimum absolute atomic E-state index is 0.0962. The fraction of sp³-hybridized carbons (Fsp3) is 0.615. The van der Waals surface area contributed by atoms with Crippen LogP contribution in [0.15, 0.2) is 41.5 Å². The Bertz CT molecular complexity index is 863. The van der Waals surface area contributed by atoms with Gasteiger partial charge in [-0.3, -0.25) is 0 Å². The number of aliphatic hydroxyl groups excluding tert-OH is 1. The van der Waals surface area contributed by atoms with Crippen molar-refractivity contribution < 1.29 is 19.3 Å². The highest BCUT2D eigenvalue weighted by atomic mass is 16.5. The van der Waals surface area contributed by atoms with E-state index in [1.807, 2.05) is 18.2 Å². The van der Waals surface area contributed by atoms with Crippen LogP contribution in [0, 0.1) is 17.3 Å². The standard InChI is InChI=1S/C26H37NO4/c1-25(21-9-11-26(27,15-21)17-28)10-8-19-12-18(4-5-20(19)14-25)16-31-22-6-7-23(29-2)24(13-22)30-3/h6-8,13-14,18,21,28H,4-5,9-12,15-17,27H2,1-3H3/t18-,21+,25?,26-/m1/s1. The summed E-state index contributed by atoms with van der Waals surface area (Å²) in [6.07, 6.45) is 12.4. The fourth-order valence-corrected chi connectivity index (χ4v) is 5.65. The van der Waals surface area contributed by atoms with E-state index in [-0.39, 0.29) is 17.6 Å². The third kappa shape index (κ3) is 4.63. The Balaban J connectivity index is 1.35. The number of methoxy groups -OCH3 is 2. The van der Waals surface area contributed by atoms with E-state index in [2.05, 4.69) is 19.1 Å². The largest absolute Gasteiger partial charge is 0.493 e. The van der Waals surface area contributed by atoms with Crippen LogP contribution in [0.25, 0.3) is 0 Å². The zero-order valence-electron chi connectivity index (χ0n) is 19.2. The van der Waals surface area contributed by atoms with Gasteiger partial charge in [0.05, 0.1) is 27.4 Å². The van der Waals surface area contributed by atoms with E-state index in [0.29, 0.717) is 29.9 Å². The molecule has 0 bridgehead atoms. The summed E-state index contributed by atoms with van der Waals surface area (Å²) in [5.74, 6) is 3.31. The molecule has 3 aliphatic rings. The van der Waals surface area contributed by atoms with Gasteiger partial charge in [-0.05, 0) is 85.5 Å². The van der Waals surface area contributed by atoms with Gasteiger partial charge in [-0.25, -0.2) is 0 Å². The molecule has 0 aliphatic heterocycles. The van der Waals surface area contributed by atoms with Crippen molar-refractivity contribution in [3.05, 3.63) is 41.5 Å². The van der Waals surface area contributed by atoms with Gasteiger partial charge in [0.2, 0.25) is 0 Å². The summed E-state index contributed by atoms with van der Waals surface area (Å²) in [4.78, 5) is 0. The van der Waals surface area contributed by atoms with Crippen molar-refractivity contribution in [2.75, 3.05) is 27.4 Å². The topological polar surface area (TPSA) is 73.9 Å². The molecule has 31 heavy (non-hydrogen) atoms. The lowest BCUT2D eigenvalue weighted by Crippen LogP contribution is -2.42. The van der Waals surface area contributed by atoms with Gasteiger partial charge in [0, 0.05) is 11.6 Å². The van der Waals surface area contributed by atoms with Crippen LogP contribution in [0.3, 0.4) is 0 Å². The Morgan fingerprint density at radius 3 is 2.65 bits per heavy atom. The molecule has 0 amide bonds. The van der Waals surface area contributed by atoms with Crippen LogP contribution in [0.1, 0.15) is 51.9 Å². The third-order valence-corrected chi connectivity index (χ3v) is 7.77. The second kappa shape index (κ2) is 8.87. The molecule has 2 saturated carbocycles. The lowest BCUT2D eigenvalue weighted by molar-refractivity contribution is 0.178. The van der Waals surface area contributed by atoms with E-state index in [1.54, 1.807) is 14.2 Å². The molecule has 0 heterocycles. The maximum atomic E-state index is 9.65. The quantitative estimate of drug-likeness (QED) is 0.663. The van der Waals surface area contributed by atoms with Crippen LogP contribution in [0.4, 0.5) is 0 Å². The Morgan fingerprint density at radius 1 is 1.13 bits per heavy atom. The summed E-state index contributed by atoms with van der Waals surface area (Å²) in [6, 6.07) is 5.71. The first kappa shape index (κ1) is 22.2. The fourth-order valence-electron chi connectivity index (χ4n) is 5.65. The van der Waals surface area contributed by atoms with Gasteiger partial charge in [0.25, 0.3) is 0 Å². The first-order chi connectivity index (χ1) is 14.9. The lowest BCUT2D eigenvalue weighted by atomic mass is 9.66. The highest BCUT2D eigenvalue weighted by molar-refractivity contribution is 5.45. The van der Waals surface area contributed by atoms with Crippen LogP contribution in [0.2, 0.25) is 0 Å². The lowest BCUT2D eigenvalue weighted by Gasteiger charge is -2.39. The number of aliphatic hydroxyl groups is 1. The number of nitrogens with two attached hydrogens (primary N) is 1. The minimum Gasteiger partial charge on any atom is -0.493 e. The van der Waals surface area contributed by atoms with Gasteiger partial charge in [-0.15, -0.1) is 0 Å². The number of benzene rings is 1. The van der Waals surface area contributed by atoms with Crippen molar-refractivity contribution in [2.45, 2.75) is 57.4 Å². The first-order valence-corrected chi connectivity index (χ1v) is 11.5. The molecule has 0 aromatic heterocycles. The van der Waals surface area contributed by atoms with Crippen molar-refractivity contribution in [3.8, 4) is 17.2 Å². The van der Waals surface area contributed by atoms with Crippen LogP contribution in [-0.4, -0.2) is 38.1 Å². The maximum absolute atomic E-state index is 9.65. The Hall–Kier alpha value is -1.98. The molecule has 4 rings (SSSR count). The predicted octanol–water partition coefficient (Wildman–Crippen LogP) is 4.64. The molecule has 1 aromatic carbocycles. The summed E-state index contributed by atoms with van der Waals surface area (Å²) < 4.78 is 16.8. The predicted molar refractivity (Wildman–Crippen MR) is 123 cm³/mol. The number of ether oxygens (including phenoxy) is 3. The summed E-state index contributed by atoms with van der Waals surface area (Å²) >= 11 is 0. The first-order valence-electron chi connectivity index (χ1n) is 11.5. The van der Waals surface area contributed by atoms with E-state index >= 15 is 0 Å². The smallest absolute Gasteiger partial charge is 0.164 e. The number of hydrogen-bond donors (Lipinski definition) is 2. The Labute approximate surface area is 186 Å². The number of rotatable bonds is 7. The molecule has 0 radical (unpaired) electrons. The van der Waals surface area contributed by atoms with Crippen molar-refractivity contribution in [1.29, 1.82) is 0 Å². The van der Waals surface area contributed by atoms with Crippen LogP contribution >= 0.6 is 0 Å². The molecule has 170 valence electrons. The third-order valence-electron chi connectivity index (χ3n) is 7.77. The van der Waals surface area contributed by atoms with Crippen LogP contribution < -0.4 is 19.9 Å². The van der Waals surface area contributed by atoms with Gasteiger partial charge < -0.3 is 25.1 Å². The van der Waals surface area contributed by atoms with Crippen LogP contribution in [0.5, 0.6) is 17.2 Å². The molecule has 5 nitrogen and oxygen atoms in total. The number of allylic oxidation sites excluding steroid dienone is 4. The normalized spacial score (nSPS) is 32.7. The average molecular weight is 428 g/mol. The second-order valence-electron chi connectivity index (χ2n) is 10.0. The minimum atomic E-state index is -0.380. The monoisotopic (exact) mass is 427 g/mol. The maximum Gasteiger partial charge on any atom is 0.164 e. The van der Waals surface area contributed by atoms with Crippen molar-refractivity contribution in [1.82, 2.24) is 0 Å². The molecule has 1 unspecified atom stereocenters. The van der Waals surface area contributed by atoms with E-state index in [4.69, 9.17) is 19.9 Å². The van der Waals surface area contributed by atoms with Crippen molar-refractivity contribution >= 4 is 0 Å². The molecule has 4 atom stereocenters. The summed E-state index contributed by atoms with van der Waals surface area (Å²) in [7, 11) is 3.28. The van der Waals surface area contributed by atoms with E-state index in [1.165, 1.54) is 11.1 Å². The van der Waals surface area contributed by atoms with Crippen LogP contribution in [-0.2, 0) is 0 Å². The SMILES string of the molecule is COc1ccc(OC[C@@H]2CCC3=CC(C)([C@H]4CC[C@](N)(CO)C4)CC=C3C2)cc1OC. The van der Waals surface area contributed by atoms with E-state index in [0.717, 1.165) is 50.7 Å². The van der Waals surface area contributed by atoms with Gasteiger partial charge in [-0.1, -0.05) is 19.1 Å². The molecule has 5 heteroatoms. The molecule has 0 spiro atoms. The number of hydrogen-bond acceptors (Lipinski definition) is 5. The van der Waals surface area contributed by atoms with E-state index < -0.39 is 0 Å². The van der Waals surface area contributed by atoms with Crippen molar-refractivity contribution in [2.24, 2.45) is 23.0 Å². The molecular weight excluding hydrogens is 390 g/mol. The highest BCUT2D eigenvalue weighted by Crippen LogP contribution is 2.51. The van der Waals surface area contributed by atoms with Crippen molar-refractivity contribution in [3.63, 3.8) is 0 Å². The molecule has 2 fully saturated rings. The van der Waals surface area contributed by atoms with Gasteiger partial charge in [-0.2, -0.15) is 0 Å². The zero-order valence-corrected chi connectivity index (χ0v) is 19.2. The molecule has 0 saturated heterocycles.